The second-order valence-corrected chi connectivity index (χ2v) is 3.36. The number of esters is 1. The number of ether oxygens (including phenoxy) is 1. The Kier molecular flexibility index (Phi) is 4.94. The largest absolute Gasteiger partial charge is 0.463 e. The Bertz CT molecular complexity index is 424. The highest BCUT2D eigenvalue weighted by atomic mass is 16.5. The van der Waals surface area contributed by atoms with Crippen LogP contribution in [0.3, 0.4) is 0 Å². The zero-order chi connectivity index (χ0) is 12.7. The zero-order valence-corrected chi connectivity index (χ0v) is 9.90. The molecular weight excluding hydrogens is 218 g/mol. The van der Waals surface area contributed by atoms with Gasteiger partial charge in [-0.1, -0.05) is 30.3 Å². The quantitative estimate of drug-likeness (QED) is 0.636. The number of amides is 1. The molecule has 17 heavy (non-hydrogen) atoms. The van der Waals surface area contributed by atoms with Crippen molar-refractivity contribution in [1.82, 2.24) is 5.32 Å². The van der Waals surface area contributed by atoms with Crippen molar-refractivity contribution in [2.24, 2.45) is 0 Å². The molecule has 0 saturated heterocycles. The number of carbonyl (C=O) groups is 2. The van der Waals surface area contributed by atoms with Crippen LogP contribution in [0.1, 0.15) is 19.4 Å². The molecule has 0 spiro atoms. The summed E-state index contributed by atoms with van der Waals surface area (Å²) < 4.78 is 4.81. The van der Waals surface area contributed by atoms with Gasteiger partial charge in [0.1, 0.15) is 0 Å². The third-order valence-electron chi connectivity index (χ3n) is 1.94. The van der Waals surface area contributed by atoms with Crippen molar-refractivity contribution in [2.45, 2.75) is 13.8 Å². The standard InChI is InChI=1S/C13H15NO3/c1-3-17-13(16)9-12(14-10(2)15)11-7-5-4-6-8-11/h4-9H,3H2,1-2H3,(H,14,15)/b12-9-. The van der Waals surface area contributed by atoms with Gasteiger partial charge in [-0.05, 0) is 12.5 Å². The Labute approximate surface area is 100 Å². The van der Waals surface area contributed by atoms with Crippen molar-refractivity contribution in [3.63, 3.8) is 0 Å². The summed E-state index contributed by atoms with van der Waals surface area (Å²) in [4.78, 5) is 22.4. The summed E-state index contributed by atoms with van der Waals surface area (Å²) in [5.74, 6) is -0.704. The first-order valence-electron chi connectivity index (χ1n) is 5.35. The molecule has 1 rings (SSSR count). The summed E-state index contributed by atoms with van der Waals surface area (Å²) in [6.45, 7) is 3.42. The topological polar surface area (TPSA) is 55.4 Å². The van der Waals surface area contributed by atoms with E-state index in [1.54, 1.807) is 19.1 Å². The van der Waals surface area contributed by atoms with E-state index >= 15 is 0 Å². The molecule has 1 N–H and O–H groups in total. The van der Waals surface area contributed by atoms with Gasteiger partial charge in [-0.2, -0.15) is 0 Å². The van der Waals surface area contributed by atoms with E-state index in [9.17, 15) is 9.59 Å². The second kappa shape index (κ2) is 6.48. The predicted octanol–water partition coefficient (Wildman–Crippen LogP) is 1.73. The molecule has 0 bridgehead atoms. The third kappa shape index (κ3) is 4.51. The van der Waals surface area contributed by atoms with Crippen LogP contribution in [0.25, 0.3) is 5.70 Å². The van der Waals surface area contributed by atoms with E-state index in [2.05, 4.69) is 5.32 Å². The highest BCUT2D eigenvalue weighted by Gasteiger charge is 2.06. The molecule has 1 aromatic carbocycles. The number of nitrogens with one attached hydrogen (secondary N) is 1. The maximum Gasteiger partial charge on any atom is 0.332 e. The van der Waals surface area contributed by atoms with Gasteiger partial charge >= 0.3 is 5.97 Å². The van der Waals surface area contributed by atoms with Gasteiger partial charge in [0.05, 0.1) is 12.3 Å². The van der Waals surface area contributed by atoms with Gasteiger partial charge in [-0.15, -0.1) is 0 Å². The number of hydrogen-bond acceptors (Lipinski definition) is 3. The van der Waals surface area contributed by atoms with Gasteiger partial charge in [-0.25, -0.2) is 4.79 Å². The molecule has 0 aliphatic heterocycles. The van der Waals surface area contributed by atoms with Crippen molar-refractivity contribution >= 4 is 17.6 Å². The Morgan fingerprint density at radius 3 is 2.47 bits per heavy atom. The lowest BCUT2D eigenvalue weighted by Crippen LogP contribution is -2.19. The average molecular weight is 233 g/mol. The normalized spacial score (nSPS) is 10.8. The molecule has 0 unspecified atom stereocenters. The SMILES string of the molecule is CCOC(=O)/C=C(\NC(C)=O)c1ccccc1. The van der Waals surface area contributed by atoms with Crippen LogP contribution >= 0.6 is 0 Å². The highest BCUT2D eigenvalue weighted by Crippen LogP contribution is 2.10. The number of benzene rings is 1. The predicted molar refractivity (Wildman–Crippen MR) is 64.9 cm³/mol. The Morgan fingerprint density at radius 2 is 1.94 bits per heavy atom. The van der Waals surface area contributed by atoms with Gasteiger partial charge in [-0.3, -0.25) is 4.79 Å². The van der Waals surface area contributed by atoms with Crippen molar-refractivity contribution in [3.05, 3.63) is 42.0 Å². The van der Waals surface area contributed by atoms with Crippen LogP contribution in [0, 0.1) is 0 Å². The molecule has 0 atom stereocenters. The highest BCUT2D eigenvalue weighted by molar-refractivity contribution is 5.95. The van der Waals surface area contributed by atoms with Crippen molar-refractivity contribution in [1.29, 1.82) is 0 Å². The van der Waals surface area contributed by atoms with E-state index in [-0.39, 0.29) is 5.91 Å². The third-order valence-corrected chi connectivity index (χ3v) is 1.94. The van der Waals surface area contributed by atoms with Gasteiger partial charge in [0.15, 0.2) is 0 Å². The molecule has 0 radical (unpaired) electrons. The molecule has 4 heteroatoms. The number of rotatable bonds is 4. The molecule has 1 amide bonds. The van der Waals surface area contributed by atoms with Gasteiger partial charge in [0.2, 0.25) is 5.91 Å². The minimum absolute atomic E-state index is 0.232. The second-order valence-electron chi connectivity index (χ2n) is 3.36. The summed E-state index contributed by atoms with van der Waals surface area (Å²) in [5, 5.41) is 2.61. The fourth-order valence-electron chi connectivity index (χ4n) is 1.30. The fourth-order valence-corrected chi connectivity index (χ4v) is 1.30. The van der Waals surface area contributed by atoms with Crippen LogP contribution in [0.4, 0.5) is 0 Å². The van der Waals surface area contributed by atoms with Gasteiger partial charge in [0.25, 0.3) is 0 Å². The van der Waals surface area contributed by atoms with Crippen molar-refractivity contribution in [2.75, 3.05) is 6.61 Å². The van der Waals surface area contributed by atoms with E-state index in [1.807, 2.05) is 18.2 Å². The monoisotopic (exact) mass is 233 g/mol. The van der Waals surface area contributed by atoms with E-state index in [1.165, 1.54) is 13.0 Å². The van der Waals surface area contributed by atoms with Crippen LogP contribution < -0.4 is 5.32 Å². The van der Waals surface area contributed by atoms with Crippen LogP contribution in [0.2, 0.25) is 0 Å². The molecule has 0 aliphatic carbocycles. The van der Waals surface area contributed by atoms with Crippen molar-refractivity contribution < 1.29 is 14.3 Å². The molecule has 1 aromatic rings. The molecule has 90 valence electrons. The molecule has 0 saturated carbocycles. The Hall–Kier alpha value is -2.10. The van der Waals surface area contributed by atoms with E-state index in [0.29, 0.717) is 12.3 Å². The van der Waals surface area contributed by atoms with Crippen LogP contribution in [-0.2, 0) is 14.3 Å². The van der Waals surface area contributed by atoms with E-state index in [4.69, 9.17) is 4.74 Å². The van der Waals surface area contributed by atoms with E-state index < -0.39 is 5.97 Å². The maximum atomic E-state index is 11.4. The smallest absolute Gasteiger partial charge is 0.332 e. The molecule has 0 heterocycles. The lowest BCUT2D eigenvalue weighted by molar-refractivity contribution is -0.137. The molecule has 0 aromatic heterocycles. The zero-order valence-electron chi connectivity index (χ0n) is 9.90. The molecule has 0 fully saturated rings. The minimum Gasteiger partial charge on any atom is -0.463 e. The summed E-state index contributed by atoms with van der Waals surface area (Å²) >= 11 is 0. The van der Waals surface area contributed by atoms with Crippen molar-refractivity contribution in [3.8, 4) is 0 Å². The lowest BCUT2D eigenvalue weighted by Gasteiger charge is -2.08. The summed E-state index contributed by atoms with van der Waals surface area (Å²) in [6.07, 6.45) is 1.28. The first kappa shape index (κ1) is 13.0. The average Bonchev–Trinajstić information content (AvgIpc) is 2.29. The Morgan fingerprint density at radius 1 is 1.29 bits per heavy atom. The van der Waals surface area contributed by atoms with Gasteiger partial charge in [0, 0.05) is 13.0 Å². The minimum atomic E-state index is -0.472. The number of carbonyl (C=O) groups excluding carboxylic acids is 2. The number of hydrogen-bond donors (Lipinski definition) is 1. The molecular formula is C13H15NO3. The van der Waals surface area contributed by atoms with E-state index in [0.717, 1.165) is 5.56 Å². The fraction of sp³-hybridized carbons (Fsp3) is 0.231. The first-order valence-corrected chi connectivity index (χ1v) is 5.35. The summed E-state index contributed by atoms with van der Waals surface area (Å²) in [5.41, 5.74) is 1.20. The summed E-state index contributed by atoms with van der Waals surface area (Å²) in [6, 6.07) is 9.13. The Balaban J connectivity index is 2.96. The van der Waals surface area contributed by atoms with Gasteiger partial charge < -0.3 is 10.1 Å². The molecule has 4 nitrogen and oxygen atoms in total. The summed E-state index contributed by atoms with van der Waals surface area (Å²) in [7, 11) is 0. The lowest BCUT2D eigenvalue weighted by atomic mass is 10.1. The first-order chi connectivity index (χ1) is 8.13. The van der Waals surface area contributed by atoms with Crippen LogP contribution in [-0.4, -0.2) is 18.5 Å². The van der Waals surface area contributed by atoms with Crippen LogP contribution in [0.15, 0.2) is 36.4 Å². The molecule has 0 aliphatic rings. The maximum absolute atomic E-state index is 11.4. The van der Waals surface area contributed by atoms with Crippen LogP contribution in [0.5, 0.6) is 0 Å².